The summed E-state index contributed by atoms with van der Waals surface area (Å²) in [5, 5.41) is 3.63. The van der Waals surface area contributed by atoms with Gasteiger partial charge in [0, 0.05) is 35.5 Å². The van der Waals surface area contributed by atoms with Crippen molar-refractivity contribution in [1.82, 2.24) is 10.2 Å². The zero-order chi connectivity index (χ0) is 28.6. The van der Waals surface area contributed by atoms with Crippen molar-refractivity contribution in [3.05, 3.63) is 58.4 Å². The van der Waals surface area contributed by atoms with E-state index < -0.39 is 50.6 Å². The molecule has 2 fully saturated rings. The number of carbonyl (C=O) groups is 3. The molecule has 1 unspecified atom stereocenters. The van der Waals surface area contributed by atoms with Crippen molar-refractivity contribution in [3.63, 3.8) is 0 Å². The molecule has 0 aromatic heterocycles. The number of alkyl carbamates (subject to hydrolysis) is 1. The SMILES string of the molecule is COC(=O)N[C@@H](C)C(=O)N1C2CC[C@H]1C[C@H](S(=O)(=O)c1cc(C(=O)Nc3cc(F)c(F)c(F)c3)ccc1Cl)C2. The lowest BCUT2D eigenvalue weighted by Crippen LogP contribution is -2.55. The van der Waals surface area contributed by atoms with Gasteiger partial charge in [-0.1, -0.05) is 11.6 Å². The average Bonchev–Trinajstić information content (AvgIpc) is 3.14. The van der Waals surface area contributed by atoms with Crippen LogP contribution in [-0.2, 0) is 19.4 Å². The second-order valence-corrected chi connectivity index (χ2v) is 12.1. The van der Waals surface area contributed by atoms with Gasteiger partial charge < -0.3 is 20.3 Å². The summed E-state index contributed by atoms with van der Waals surface area (Å²) in [6, 6.07) is 3.13. The number of anilines is 1. The number of carbonyl (C=O) groups excluding carboxylic acids is 3. The third-order valence-electron chi connectivity index (χ3n) is 7.01. The number of hydrogen-bond donors (Lipinski definition) is 2. The number of methoxy groups -OCH3 is 1. The predicted molar refractivity (Wildman–Crippen MR) is 135 cm³/mol. The fraction of sp³-hybridized carbons (Fsp3) is 0.400. The van der Waals surface area contributed by atoms with Crippen LogP contribution in [0.4, 0.5) is 23.7 Å². The summed E-state index contributed by atoms with van der Waals surface area (Å²) in [5.74, 6) is -5.92. The Balaban J connectivity index is 1.53. The normalized spacial score (nSPS) is 21.3. The first-order valence-electron chi connectivity index (χ1n) is 12.0. The van der Waals surface area contributed by atoms with Gasteiger partial charge in [0.25, 0.3) is 5.91 Å². The molecular formula is C25H25ClF3N3O6S. The van der Waals surface area contributed by atoms with Crippen molar-refractivity contribution >= 4 is 45.0 Å². The molecule has 0 saturated carbocycles. The van der Waals surface area contributed by atoms with E-state index in [0.717, 1.165) is 6.07 Å². The number of nitrogens with zero attached hydrogens (tertiary/aromatic N) is 1. The maximum Gasteiger partial charge on any atom is 0.407 e. The molecule has 3 amide bonds. The van der Waals surface area contributed by atoms with Crippen LogP contribution in [-0.4, -0.2) is 61.7 Å². The first kappa shape index (κ1) is 28.7. The number of nitrogens with one attached hydrogen (secondary N) is 2. The maximum atomic E-state index is 13.6. The Morgan fingerprint density at radius 3 is 2.21 bits per heavy atom. The minimum absolute atomic E-state index is 0.118. The number of benzene rings is 2. The largest absolute Gasteiger partial charge is 0.453 e. The Hall–Kier alpha value is -3.32. The number of amides is 3. The molecule has 2 bridgehead atoms. The molecule has 210 valence electrons. The van der Waals surface area contributed by atoms with Gasteiger partial charge in [0.1, 0.15) is 6.04 Å². The van der Waals surface area contributed by atoms with Gasteiger partial charge in [-0.15, -0.1) is 0 Å². The summed E-state index contributed by atoms with van der Waals surface area (Å²) in [4.78, 5) is 38.5. The van der Waals surface area contributed by atoms with E-state index in [1.165, 1.54) is 26.2 Å². The van der Waals surface area contributed by atoms with Crippen molar-refractivity contribution in [3.8, 4) is 0 Å². The van der Waals surface area contributed by atoms with Gasteiger partial charge in [-0.25, -0.2) is 26.4 Å². The number of fused-ring (bicyclic) bond motifs is 2. The lowest BCUT2D eigenvalue weighted by atomic mass is 10.0. The molecular weight excluding hydrogens is 563 g/mol. The van der Waals surface area contributed by atoms with E-state index in [1.807, 2.05) is 0 Å². The van der Waals surface area contributed by atoms with Crippen molar-refractivity contribution < 1.29 is 40.7 Å². The van der Waals surface area contributed by atoms with Crippen LogP contribution in [0.1, 0.15) is 43.0 Å². The number of rotatable bonds is 6. The minimum Gasteiger partial charge on any atom is -0.453 e. The first-order chi connectivity index (χ1) is 18.3. The van der Waals surface area contributed by atoms with Gasteiger partial charge in [0.05, 0.1) is 22.3 Å². The summed E-state index contributed by atoms with van der Waals surface area (Å²) in [7, 11) is -2.89. The molecule has 4 atom stereocenters. The molecule has 4 rings (SSSR count). The van der Waals surface area contributed by atoms with Gasteiger partial charge in [-0.2, -0.15) is 0 Å². The summed E-state index contributed by atoms with van der Waals surface area (Å²) in [5.41, 5.74) is -0.512. The van der Waals surface area contributed by atoms with Gasteiger partial charge in [-0.3, -0.25) is 9.59 Å². The van der Waals surface area contributed by atoms with Crippen LogP contribution >= 0.6 is 11.6 Å². The Kier molecular flexibility index (Phi) is 8.12. The molecule has 14 heteroatoms. The van der Waals surface area contributed by atoms with Crippen LogP contribution in [0.5, 0.6) is 0 Å². The summed E-state index contributed by atoms with van der Waals surface area (Å²) < 4.78 is 72.1. The molecule has 2 aromatic carbocycles. The van der Waals surface area contributed by atoms with Crippen molar-refractivity contribution in [2.75, 3.05) is 12.4 Å². The number of ether oxygens (including phenoxy) is 1. The molecule has 0 radical (unpaired) electrons. The van der Waals surface area contributed by atoms with Crippen LogP contribution in [0.25, 0.3) is 0 Å². The van der Waals surface area contributed by atoms with Crippen LogP contribution in [0.3, 0.4) is 0 Å². The zero-order valence-corrected chi connectivity index (χ0v) is 22.4. The molecule has 39 heavy (non-hydrogen) atoms. The minimum atomic E-state index is -4.07. The number of hydrogen-bond acceptors (Lipinski definition) is 6. The van der Waals surface area contributed by atoms with Crippen LogP contribution in [0.2, 0.25) is 5.02 Å². The Morgan fingerprint density at radius 2 is 1.64 bits per heavy atom. The first-order valence-corrected chi connectivity index (χ1v) is 13.9. The quantitative estimate of drug-likeness (QED) is 0.492. The van der Waals surface area contributed by atoms with Gasteiger partial charge >= 0.3 is 6.09 Å². The van der Waals surface area contributed by atoms with Gasteiger partial charge in [0.15, 0.2) is 27.3 Å². The van der Waals surface area contributed by atoms with Gasteiger partial charge in [0.2, 0.25) is 5.91 Å². The summed E-state index contributed by atoms with van der Waals surface area (Å²) >= 11 is 6.23. The van der Waals surface area contributed by atoms with E-state index in [-0.39, 0.29) is 52.0 Å². The Labute approximate surface area is 227 Å². The van der Waals surface area contributed by atoms with E-state index in [0.29, 0.717) is 25.0 Å². The third-order valence-corrected chi connectivity index (χ3v) is 9.67. The lowest BCUT2D eigenvalue weighted by Gasteiger charge is -2.40. The van der Waals surface area contributed by atoms with E-state index in [4.69, 9.17) is 11.6 Å². The standard InChI is InChI=1S/C25H25ClF3N3O6S/c1-12(30-25(35)38-2)24(34)32-15-4-5-16(32)11-17(10-15)39(36,37)21-7-13(3-6-18(21)26)23(33)31-14-8-19(27)22(29)20(28)9-14/h3,6-9,12,15-17H,4-5,10-11H2,1-2H3,(H,30,35)(H,31,33)/t12-,15-,16?,17-/m0/s1. The van der Waals surface area contributed by atoms with E-state index in [2.05, 4.69) is 15.4 Å². The lowest BCUT2D eigenvalue weighted by molar-refractivity contribution is -0.137. The molecule has 2 heterocycles. The highest BCUT2D eigenvalue weighted by Crippen LogP contribution is 2.41. The zero-order valence-electron chi connectivity index (χ0n) is 20.8. The second kappa shape index (κ2) is 11.0. The molecule has 2 aliphatic heterocycles. The molecule has 0 aliphatic carbocycles. The Morgan fingerprint density at radius 1 is 1.05 bits per heavy atom. The summed E-state index contributed by atoms with van der Waals surface area (Å²) in [6.07, 6.45) is 0.698. The fourth-order valence-electron chi connectivity index (χ4n) is 5.13. The van der Waals surface area contributed by atoms with Crippen LogP contribution in [0, 0.1) is 17.5 Å². The monoisotopic (exact) mass is 587 g/mol. The highest BCUT2D eigenvalue weighted by atomic mass is 35.5. The number of piperidine rings is 1. The topological polar surface area (TPSA) is 122 Å². The van der Waals surface area contributed by atoms with Crippen molar-refractivity contribution in [2.45, 2.75) is 60.9 Å². The second-order valence-electron chi connectivity index (χ2n) is 9.48. The fourth-order valence-corrected chi connectivity index (χ4v) is 7.52. The van der Waals surface area contributed by atoms with E-state index in [1.54, 1.807) is 4.90 Å². The highest BCUT2D eigenvalue weighted by molar-refractivity contribution is 7.92. The van der Waals surface area contributed by atoms with Crippen molar-refractivity contribution in [1.29, 1.82) is 0 Å². The average molecular weight is 588 g/mol. The predicted octanol–water partition coefficient (Wildman–Crippen LogP) is 4.05. The van der Waals surface area contributed by atoms with Crippen LogP contribution < -0.4 is 10.6 Å². The highest BCUT2D eigenvalue weighted by Gasteiger charge is 2.48. The Bertz CT molecular complexity index is 1400. The smallest absolute Gasteiger partial charge is 0.407 e. The summed E-state index contributed by atoms with van der Waals surface area (Å²) in [6.45, 7) is 1.52. The molecule has 9 nitrogen and oxygen atoms in total. The molecule has 0 spiro atoms. The molecule has 2 saturated heterocycles. The number of sulfone groups is 1. The molecule has 2 N–H and O–H groups in total. The van der Waals surface area contributed by atoms with Gasteiger partial charge in [-0.05, 0) is 50.8 Å². The van der Waals surface area contributed by atoms with Crippen LogP contribution in [0.15, 0.2) is 35.2 Å². The molecule has 2 aromatic rings. The van der Waals surface area contributed by atoms with Crippen molar-refractivity contribution in [2.24, 2.45) is 0 Å². The maximum absolute atomic E-state index is 13.6. The van der Waals surface area contributed by atoms with E-state index >= 15 is 0 Å². The van der Waals surface area contributed by atoms with E-state index in [9.17, 15) is 36.0 Å². The molecule has 2 aliphatic rings. The number of halogens is 4. The third kappa shape index (κ3) is 5.69.